The first kappa shape index (κ1) is 25.8. The van der Waals surface area contributed by atoms with Gasteiger partial charge in [0, 0.05) is 0 Å². The molecular formula is C37H22F4O. The molecule has 0 aromatic heterocycles. The lowest BCUT2D eigenvalue weighted by atomic mass is 9.84. The van der Waals surface area contributed by atoms with Crippen LogP contribution in [0.4, 0.5) is 17.6 Å². The Morgan fingerprint density at radius 3 is 1.67 bits per heavy atom. The molecule has 7 aromatic carbocycles. The second kappa shape index (κ2) is 10.0. The van der Waals surface area contributed by atoms with Gasteiger partial charge in [0.2, 0.25) is 0 Å². The van der Waals surface area contributed by atoms with Crippen molar-refractivity contribution in [3.05, 3.63) is 139 Å². The first-order valence-corrected chi connectivity index (χ1v) is 13.4. The highest BCUT2D eigenvalue weighted by Crippen LogP contribution is 2.45. The minimum atomic E-state index is -4.76. The van der Waals surface area contributed by atoms with Gasteiger partial charge in [-0.15, -0.1) is 13.2 Å². The molecule has 7 aromatic rings. The Morgan fingerprint density at radius 1 is 0.429 bits per heavy atom. The fourth-order valence-electron chi connectivity index (χ4n) is 5.79. The Bertz CT molecular complexity index is 2090. The normalized spacial score (nSPS) is 11.8. The van der Waals surface area contributed by atoms with E-state index < -0.39 is 6.36 Å². The van der Waals surface area contributed by atoms with Gasteiger partial charge >= 0.3 is 6.36 Å². The molecule has 0 amide bonds. The van der Waals surface area contributed by atoms with E-state index in [1.165, 1.54) is 24.3 Å². The van der Waals surface area contributed by atoms with Crippen LogP contribution in [-0.4, -0.2) is 6.36 Å². The van der Waals surface area contributed by atoms with Crippen molar-refractivity contribution in [2.45, 2.75) is 6.36 Å². The van der Waals surface area contributed by atoms with Crippen LogP contribution in [0.1, 0.15) is 0 Å². The monoisotopic (exact) mass is 558 g/mol. The smallest absolute Gasteiger partial charge is 0.406 e. The molecule has 7 rings (SSSR count). The van der Waals surface area contributed by atoms with Crippen molar-refractivity contribution in [3.63, 3.8) is 0 Å². The molecule has 42 heavy (non-hydrogen) atoms. The van der Waals surface area contributed by atoms with Crippen LogP contribution in [0.15, 0.2) is 133 Å². The summed E-state index contributed by atoms with van der Waals surface area (Å²) in [5.74, 6) is -0.592. The molecule has 0 heterocycles. The summed E-state index contributed by atoms with van der Waals surface area (Å²) >= 11 is 0. The van der Waals surface area contributed by atoms with Crippen LogP contribution in [0.25, 0.3) is 65.7 Å². The maximum Gasteiger partial charge on any atom is 0.573 e. The predicted molar refractivity (Wildman–Crippen MR) is 162 cm³/mol. The van der Waals surface area contributed by atoms with Gasteiger partial charge in [0.25, 0.3) is 0 Å². The Hall–Kier alpha value is -5.16. The molecule has 0 aliphatic heterocycles. The zero-order valence-electron chi connectivity index (χ0n) is 22.1. The van der Waals surface area contributed by atoms with Crippen molar-refractivity contribution < 1.29 is 22.3 Å². The summed E-state index contributed by atoms with van der Waals surface area (Å²) in [6, 6.07) is 41.3. The topological polar surface area (TPSA) is 9.23 Å². The van der Waals surface area contributed by atoms with Crippen LogP contribution in [0, 0.1) is 5.82 Å². The zero-order chi connectivity index (χ0) is 28.8. The van der Waals surface area contributed by atoms with Crippen LogP contribution in [0.3, 0.4) is 0 Å². The Labute approximate surface area is 239 Å². The van der Waals surface area contributed by atoms with Gasteiger partial charge in [-0.1, -0.05) is 97.1 Å². The van der Waals surface area contributed by atoms with Gasteiger partial charge < -0.3 is 4.74 Å². The standard InChI is InChI=1S/C37H22F4O/c38-29-16-11-25(12-17-29)35-31-7-3-4-8-32(31)36(28-10-9-23-5-1-2-6-26(23)21-28)33-20-15-27(22-34(33)35)24-13-18-30(19-14-24)42-37(39,40)41/h1-22H. The molecule has 0 unspecified atom stereocenters. The van der Waals surface area contributed by atoms with E-state index in [0.29, 0.717) is 0 Å². The second-order valence-corrected chi connectivity index (χ2v) is 10.2. The second-order valence-electron chi connectivity index (χ2n) is 10.2. The highest BCUT2D eigenvalue weighted by atomic mass is 19.4. The van der Waals surface area contributed by atoms with Crippen molar-refractivity contribution >= 4 is 32.3 Å². The SMILES string of the molecule is Fc1ccc(-c2c3ccccc3c(-c3ccc4ccccc4c3)c3ccc(-c4ccc(OC(F)(F)F)cc4)cc23)cc1. The Balaban J connectivity index is 1.51. The molecule has 0 N–H and O–H groups in total. The molecule has 0 radical (unpaired) electrons. The van der Waals surface area contributed by atoms with Crippen LogP contribution >= 0.6 is 0 Å². The number of alkyl halides is 3. The minimum Gasteiger partial charge on any atom is -0.406 e. The lowest BCUT2D eigenvalue weighted by Gasteiger charge is -2.19. The Kier molecular flexibility index (Phi) is 6.16. The van der Waals surface area contributed by atoms with E-state index in [4.69, 9.17) is 0 Å². The molecular weight excluding hydrogens is 536 g/mol. The van der Waals surface area contributed by atoms with Crippen LogP contribution in [0.5, 0.6) is 5.75 Å². The zero-order valence-corrected chi connectivity index (χ0v) is 22.1. The molecule has 0 aliphatic carbocycles. The summed E-state index contributed by atoms with van der Waals surface area (Å²) in [6.07, 6.45) is -4.76. The summed E-state index contributed by atoms with van der Waals surface area (Å²) in [4.78, 5) is 0. The van der Waals surface area contributed by atoms with Crippen LogP contribution < -0.4 is 4.74 Å². The van der Waals surface area contributed by atoms with Crippen molar-refractivity contribution in [1.29, 1.82) is 0 Å². The molecule has 5 heteroatoms. The molecule has 204 valence electrons. The number of hydrogen-bond acceptors (Lipinski definition) is 1. The number of benzene rings is 7. The summed E-state index contributed by atoms with van der Waals surface area (Å²) < 4.78 is 56.2. The summed E-state index contributed by atoms with van der Waals surface area (Å²) in [6.45, 7) is 0. The van der Waals surface area contributed by atoms with Gasteiger partial charge in [-0.25, -0.2) is 4.39 Å². The van der Waals surface area contributed by atoms with Gasteiger partial charge in [-0.05, 0) is 102 Å². The summed E-state index contributed by atoms with van der Waals surface area (Å²) in [7, 11) is 0. The first-order valence-electron chi connectivity index (χ1n) is 13.4. The number of fused-ring (bicyclic) bond motifs is 3. The maximum absolute atomic E-state index is 14.0. The van der Waals surface area contributed by atoms with E-state index in [9.17, 15) is 17.6 Å². The van der Waals surface area contributed by atoms with E-state index >= 15 is 0 Å². The predicted octanol–water partition coefficient (Wildman–Crippen LogP) is 11.2. The highest BCUT2D eigenvalue weighted by Gasteiger charge is 2.31. The largest absolute Gasteiger partial charge is 0.573 e. The summed E-state index contributed by atoms with van der Waals surface area (Å²) in [5, 5.41) is 6.35. The maximum atomic E-state index is 14.0. The van der Waals surface area contributed by atoms with Gasteiger partial charge in [-0.3, -0.25) is 0 Å². The Morgan fingerprint density at radius 2 is 0.976 bits per heavy atom. The molecule has 0 atom stereocenters. The van der Waals surface area contributed by atoms with Gasteiger partial charge in [0.05, 0.1) is 0 Å². The average molecular weight is 559 g/mol. The van der Waals surface area contributed by atoms with Crippen LogP contribution in [-0.2, 0) is 0 Å². The lowest BCUT2D eigenvalue weighted by molar-refractivity contribution is -0.274. The molecule has 0 spiro atoms. The molecule has 0 saturated carbocycles. The molecule has 1 nitrogen and oxygen atoms in total. The van der Waals surface area contributed by atoms with Crippen molar-refractivity contribution in [2.75, 3.05) is 0 Å². The van der Waals surface area contributed by atoms with Crippen molar-refractivity contribution in [2.24, 2.45) is 0 Å². The fourth-order valence-corrected chi connectivity index (χ4v) is 5.79. The van der Waals surface area contributed by atoms with E-state index in [2.05, 4.69) is 59.3 Å². The third-order valence-electron chi connectivity index (χ3n) is 7.62. The van der Waals surface area contributed by atoms with E-state index in [-0.39, 0.29) is 11.6 Å². The molecule has 0 saturated heterocycles. The number of hydrogen-bond donors (Lipinski definition) is 0. The quantitative estimate of drug-likeness (QED) is 0.154. The lowest BCUT2D eigenvalue weighted by Crippen LogP contribution is -2.16. The van der Waals surface area contributed by atoms with Gasteiger partial charge in [0.1, 0.15) is 11.6 Å². The number of rotatable bonds is 4. The first-order chi connectivity index (χ1) is 20.3. The molecule has 0 aliphatic rings. The van der Waals surface area contributed by atoms with Crippen molar-refractivity contribution in [1.82, 2.24) is 0 Å². The van der Waals surface area contributed by atoms with E-state index in [1.54, 1.807) is 24.3 Å². The van der Waals surface area contributed by atoms with E-state index in [0.717, 1.165) is 65.7 Å². The van der Waals surface area contributed by atoms with Gasteiger partial charge in [-0.2, -0.15) is 0 Å². The van der Waals surface area contributed by atoms with E-state index in [1.807, 2.05) is 30.3 Å². The van der Waals surface area contributed by atoms with Crippen LogP contribution in [0.2, 0.25) is 0 Å². The van der Waals surface area contributed by atoms with Crippen molar-refractivity contribution in [3.8, 4) is 39.1 Å². The molecule has 0 bridgehead atoms. The fraction of sp³-hybridized carbons (Fsp3) is 0.0270. The third kappa shape index (κ3) is 4.73. The molecule has 0 fully saturated rings. The average Bonchev–Trinajstić information content (AvgIpc) is 2.99. The minimum absolute atomic E-state index is 0.274. The number of halogens is 4. The number of ether oxygens (including phenoxy) is 1. The third-order valence-corrected chi connectivity index (χ3v) is 7.62. The summed E-state index contributed by atoms with van der Waals surface area (Å²) in [5.41, 5.74) is 5.57. The highest BCUT2D eigenvalue weighted by molar-refractivity contribution is 6.22. The van der Waals surface area contributed by atoms with Gasteiger partial charge in [0.15, 0.2) is 0 Å².